The first-order valence-corrected chi connectivity index (χ1v) is 10.2. The number of anilines is 1. The Labute approximate surface area is 176 Å². The molecule has 1 aromatic carbocycles. The van der Waals surface area contributed by atoms with Gasteiger partial charge in [-0.2, -0.15) is 0 Å². The maximum Gasteiger partial charge on any atom is 0.410 e. The van der Waals surface area contributed by atoms with Crippen LogP contribution in [0.3, 0.4) is 0 Å². The van der Waals surface area contributed by atoms with Crippen LogP contribution in [-0.4, -0.2) is 62.8 Å². The number of carboxylic acid groups (broad SMARTS) is 1. The summed E-state index contributed by atoms with van der Waals surface area (Å²) in [6.07, 6.45) is -0.320. The Morgan fingerprint density at radius 2 is 1.57 bits per heavy atom. The van der Waals surface area contributed by atoms with Crippen LogP contribution in [0.1, 0.15) is 56.4 Å². The fourth-order valence-corrected chi connectivity index (χ4v) is 3.91. The van der Waals surface area contributed by atoms with Crippen LogP contribution in [0.4, 0.5) is 10.5 Å². The summed E-state index contributed by atoms with van der Waals surface area (Å²) in [6.45, 7) is 14.4. The molecule has 1 N–H and O–H groups in total. The molecule has 0 spiro atoms. The van der Waals surface area contributed by atoms with Crippen LogP contribution in [0.5, 0.6) is 0 Å². The number of nitrogens with zero attached hydrogens (tertiary/aromatic N) is 4. The highest BCUT2D eigenvalue weighted by Gasteiger charge is 2.36. The van der Waals surface area contributed by atoms with Gasteiger partial charge in [-0.05, 0) is 60.6 Å². The van der Waals surface area contributed by atoms with Crippen LogP contribution >= 0.6 is 0 Å². The van der Waals surface area contributed by atoms with Gasteiger partial charge in [0, 0.05) is 13.1 Å². The molecule has 0 saturated carbocycles. The normalized spacial score (nSPS) is 19.8. The monoisotopic (exact) mass is 414 g/mol. The zero-order valence-corrected chi connectivity index (χ0v) is 18.7. The van der Waals surface area contributed by atoms with Crippen LogP contribution in [0, 0.1) is 13.8 Å². The van der Waals surface area contributed by atoms with E-state index in [2.05, 4.69) is 14.9 Å². The highest BCUT2D eigenvalue weighted by molar-refractivity contribution is 6.04. The largest absolute Gasteiger partial charge is 0.478 e. The van der Waals surface area contributed by atoms with Gasteiger partial charge in [0.25, 0.3) is 0 Å². The average Bonchev–Trinajstić information content (AvgIpc) is 2.59. The molecule has 0 bridgehead atoms. The zero-order valence-electron chi connectivity index (χ0n) is 18.7. The van der Waals surface area contributed by atoms with Crippen molar-refractivity contribution in [3.05, 3.63) is 29.1 Å². The summed E-state index contributed by atoms with van der Waals surface area (Å²) in [5, 5.41) is 9.58. The number of carbonyl (C=O) groups is 2. The molecule has 1 aliphatic rings. The molecule has 0 unspecified atom stereocenters. The molecule has 30 heavy (non-hydrogen) atoms. The molecule has 1 fully saturated rings. The molecule has 0 radical (unpaired) electrons. The first-order chi connectivity index (χ1) is 13.9. The van der Waals surface area contributed by atoms with Crippen LogP contribution in [0.25, 0.3) is 11.0 Å². The number of aromatic nitrogens is 2. The molecule has 162 valence electrons. The Morgan fingerprint density at radius 3 is 2.07 bits per heavy atom. The Hall–Kier alpha value is -2.90. The van der Waals surface area contributed by atoms with Crippen molar-refractivity contribution in [1.82, 2.24) is 14.9 Å². The van der Waals surface area contributed by atoms with E-state index >= 15 is 0 Å². The van der Waals surface area contributed by atoms with Crippen LogP contribution in [-0.2, 0) is 4.74 Å². The first-order valence-electron chi connectivity index (χ1n) is 10.2. The third kappa shape index (κ3) is 4.17. The van der Waals surface area contributed by atoms with Gasteiger partial charge in [-0.15, -0.1) is 0 Å². The van der Waals surface area contributed by atoms with E-state index in [-0.39, 0.29) is 23.7 Å². The van der Waals surface area contributed by atoms with Gasteiger partial charge in [0.05, 0.1) is 34.7 Å². The van der Waals surface area contributed by atoms with E-state index in [9.17, 15) is 14.7 Å². The van der Waals surface area contributed by atoms with E-state index in [0.717, 1.165) is 11.4 Å². The molecule has 2 aromatic rings. The molecule has 8 nitrogen and oxygen atoms in total. The van der Waals surface area contributed by atoms with Crippen molar-refractivity contribution >= 4 is 28.8 Å². The van der Waals surface area contributed by atoms with Gasteiger partial charge in [-0.1, -0.05) is 0 Å². The predicted octanol–water partition coefficient (Wildman–Crippen LogP) is 3.78. The zero-order chi connectivity index (χ0) is 22.4. The molecule has 2 atom stereocenters. The molecule has 1 saturated heterocycles. The molecule has 1 aromatic heterocycles. The second kappa shape index (κ2) is 7.74. The van der Waals surface area contributed by atoms with E-state index in [1.165, 1.54) is 0 Å². The van der Waals surface area contributed by atoms with Crippen molar-refractivity contribution in [1.29, 1.82) is 0 Å². The minimum atomic E-state index is -1.03. The number of hydrogen-bond acceptors (Lipinski definition) is 6. The van der Waals surface area contributed by atoms with Gasteiger partial charge >= 0.3 is 12.1 Å². The Bertz CT molecular complexity index is 987. The summed E-state index contributed by atoms with van der Waals surface area (Å²) in [5.41, 5.74) is 2.84. The van der Waals surface area contributed by atoms with Crippen LogP contribution in [0.15, 0.2) is 12.1 Å². The maximum absolute atomic E-state index is 12.7. The summed E-state index contributed by atoms with van der Waals surface area (Å²) in [4.78, 5) is 37.5. The molecule has 8 heteroatoms. The van der Waals surface area contributed by atoms with Gasteiger partial charge in [-0.3, -0.25) is 4.90 Å². The quantitative estimate of drug-likeness (QED) is 0.799. The van der Waals surface area contributed by atoms with Crippen molar-refractivity contribution in [2.24, 2.45) is 0 Å². The number of carboxylic acids is 1. The summed E-state index contributed by atoms with van der Waals surface area (Å²) in [6, 6.07) is 3.20. The lowest BCUT2D eigenvalue weighted by Crippen LogP contribution is -2.59. The maximum atomic E-state index is 12.7. The van der Waals surface area contributed by atoms with Crippen LogP contribution < -0.4 is 4.90 Å². The van der Waals surface area contributed by atoms with E-state index in [1.54, 1.807) is 17.0 Å². The summed E-state index contributed by atoms with van der Waals surface area (Å²) < 4.78 is 5.58. The lowest BCUT2D eigenvalue weighted by molar-refractivity contribution is 0.00566. The van der Waals surface area contributed by atoms with Gasteiger partial charge in [0.15, 0.2) is 0 Å². The standard InChI is InChI=1S/C22H30N4O4/c1-12-10-25(11-13(2)26(12)21(29)30-22(5,6)7)17-9-8-16(20(27)28)18-19(17)24-15(4)14(3)23-18/h8-9,12-13H,10-11H2,1-7H3,(H,27,28)/t12-,13+. The average molecular weight is 415 g/mol. The SMILES string of the molecule is Cc1nc2c(C(=O)O)ccc(N3C[C@@H](C)N(C(=O)OC(C)(C)C)[C@@H](C)C3)c2nc1C. The first kappa shape index (κ1) is 21.8. The lowest BCUT2D eigenvalue weighted by Gasteiger charge is -2.45. The van der Waals surface area contributed by atoms with Crippen molar-refractivity contribution in [3.8, 4) is 0 Å². The number of benzene rings is 1. The summed E-state index contributed by atoms with van der Waals surface area (Å²) >= 11 is 0. The number of ether oxygens (including phenoxy) is 1. The number of carbonyl (C=O) groups excluding carboxylic acids is 1. The Morgan fingerprint density at radius 1 is 1.03 bits per heavy atom. The van der Waals surface area contributed by atoms with E-state index in [0.29, 0.717) is 29.8 Å². The highest BCUT2D eigenvalue weighted by Crippen LogP contribution is 2.31. The predicted molar refractivity (Wildman–Crippen MR) is 115 cm³/mol. The molecule has 1 amide bonds. The summed E-state index contributed by atoms with van der Waals surface area (Å²) in [5.74, 6) is -1.03. The number of amides is 1. The minimum absolute atomic E-state index is 0.0858. The third-order valence-electron chi connectivity index (χ3n) is 5.31. The molecular weight excluding hydrogens is 384 g/mol. The Kier molecular flexibility index (Phi) is 5.62. The van der Waals surface area contributed by atoms with Gasteiger partial charge in [-0.25, -0.2) is 19.6 Å². The number of fused-ring (bicyclic) bond motifs is 1. The van der Waals surface area contributed by atoms with Crippen LogP contribution in [0.2, 0.25) is 0 Å². The fraction of sp³-hybridized carbons (Fsp3) is 0.545. The lowest BCUT2D eigenvalue weighted by atomic mass is 10.1. The van der Waals surface area contributed by atoms with E-state index < -0.39 is 11.6 Å². The van der Waals surface area contributed by atoms with E-state index in [4.69, 9.17) is 4.74 Å². The van der Waals surface area contributed by atoms with Crippen molar-refractivity contribution in [2.45, 2.75) is 66.2 Å². The topological polar surface area (TPSA) is 95.9 Å². The van der Waals surface area contributed by atoms with E-state index in [1.807, 2.05) is 48.5 Å². The van der Waals surface area contributed by atoms with Gasteiger partial charge in [0.1, 0.15) is 16.6 Å². The Balaban J connectivity index is 1.98. The molecular formula is C22H30N4O4. The second-order valence-electron chi connectivity index (χ2n) is 9.02. The number of aromatic carboxylic acids is 1. The number of aryl methyl sites for hydroxylation is 2. The summed E-state index contributed by atoms with van der Waals surface area (Å²) in [7, 11) is 0. The number of hydrogen-bond donors (Lipinski definition) is 1. The van der Waals surface area contributed by atoms with Crippen molar-refractivity contribution in [2.75, 3.05) is 18.0 Å². The molecule has 3 rings (SSSR count). The van der Waals surface area contributed by atoms with Gasteiger partial charge in [0.2, 0.25) is 0 Å². The molecule has 2 heterocycles. The van der Waals surface area contributed by atoms with Crippen molar-refractivity contribution in [3.63, 3.8) is 0 Å². The fourth-order valence-electron chi connectivity index (χ4n) is 3.91. The smallest absolute Gasteiger partial charge is 0.410 e. The number of rotatable bonds is 2. The highest BCUT2D eigenvalue weighted by atomic mass is 16.6. The molecule has 0 aliphatic carbocycles. The third-order valence-corrected chi connectivity index (χ3v) is 5.31. The number of piperazine rings is 1. The second-order valence-corrected chi connectivity index (χ2v) is 9.02. The molecule has 1 aliphatic heterocycles. The van der Waals surface area contributed by atoms with Gasteiger partial charge < -0.3 is 14.7 Å². The minimum Gasteiger partial charge on any atom is -0.478 e. The van der Waals surface area contributed by atoms with Crippen molar-refractivity contribution < 1.29 is 19.4 Å².